The Hall–Kier alpha value is -2.44. The van der Waals surface area contributed by atoms with E-state index in [1.165, 1.54) is 11.1 Å². The number of amides is 1. The first-order valence-corrected chi connectivity index (χ1v) is 6.66. The topological polar surface area (TPSA) is 87.8 Å². The Bertz CT molecular complexity index is 706. The molecule has 0 radical (unpaired) electrons. The van der Waals surface area contributed by atoms with E-state index in [2.05, 4.69) is 10.1 Å². The van der Waals surface area contributed by atoms with E-state index in [1.807, 2.05) is 19.9 Å². The van der Waals surface area contributed by atoms with Crippen molar-refractivity contribution in [3.8, 4) is 0 Å². The Labute approximate surface area is 122 Å². The zero-order chi connectivity index (χ0) is 15.7. The summed E-state index contributed by atoms with van der Waals surface area (Å²) in [4.78, 5) is 29.2. The standard InChI is InChI=1S/C14H18N4O3/c1-8(2)17(7-12(19)20)14(21)11-6-15-18-10(4)5-9(3)16-13(11)18/h5-6,8H,7H2,1-4H3,(H,19,20). The molecule has 7 heteroatoms. The van der Waals surface area contributed by atoms with Crippen molar-refractivity contribution in [2.24, 2.45) is 0 Å². The summed E-state index contributed by atoms with van der Waals surface area (Å²) in [5, 5.41) is 13.1. The molecule has 0 saturated heterocycles. The van der Waals surface area contributed by atoms with Gasteiger partial charge in [-0.25, -0.2) is 9.50 Å². The third-order valence-electron chi connectivity index (χ3n) is 3.20. The van der Waals surface area contributed by atoms with E-state index in [4.69, 9.17) is 5.11 Å². The second kappa shape index (κ2) is 5.51. The maximum Gasteiger partial charge on any atom is 0.323 e. The van der Waals surface area contributed by atoms with Crippen LogP contribution in [0.15, 0.2) is 12.3 Å². The fourth-order valence-corrected chi connectivity index (χ4v) is 2.21. The van der Waals surface area contributed by atoms with Crippen LogP contribution in [0.25, 0.3) is 5.65 Å². The molecule has 112 valence electrons. The average molecular weight is 290 g/mol. The third-order valence-corrected chi connectivity index (χ3v) is 3.20. The molecule has 2 aromatic rings. The molecule has 0 aliphatic carbocycles. The molecule has 0 bridgehead atoms. The van der Waals surface area contributed by atoms with Crippen LogP contribution in [0.4, 0.5) is 0 Å². The Kier molecular flexibility index (Phi) is 3.93. The van der Waals surface area contributed by atoms with E-state index in [-0.39, 0.29) is 18.5 Å². The summed E-state index contributed by atoms with van der Waals surface area (Å²) >= 11 is 0. The van der Waals surface area contributed by atoms with Gasteiger partial charge < -0.3 is 10.0 Å². The molecule has 2 aromatic heterocycles. The van der Waals surface area contributed by atoms with Crippen LogP contribution in [0.1, 0.15) is 35.6 Å². The summed E-state index contributed by atoms with van der Waals surface area (Å²) in [6.07, 6.45) is 1.44. The van der Waals surface area contributed by atoms with Crippen LogP contribution >= 0.6 is 0 Å². The van der Waals surface area contributed by atoms with Gasteiger partial charge in [-0.05, 0) is 33.8 Å². The van der Waals surface area contributed by atoms with Crippen molar-refractivity contribution >= 4 is 17.5 Å². The molecule has 2 rings (SSSR count). The Morgan fingerprint density at radius 2 is 2.05 bits per heavy atom. The Morgan fingerprint density at radius 1 is 1.38 bits per heavy atom. The van der Waals surface area contributed by atoms with Crippen LogP contribution in [-0.2, 0) is 4.79 Å². The predicted molar refractivity (Wildman–Crippen MR) is 76.3 cm³/mol. The van der Waals surface area contributed by atoms with Crippen molar-refractivity contribution in [3.63, 3.8) is 0 Å². The summed E-state index contributed by atoms with van der Waals surface area (Å²) in [5.41, 5.74) is 2.42. The summed E-state index contributed by atoms with van der Waals surface area (Å²) < 4.78 is 1.58. The van der Waals surface area contributed by atoms with Crippen molar-refractivity contribution < 1.29 is 14.7 Å². The number of hydrogen-bond donors (Lipinski definition) is 1. The van der Waals surface area contributed by atoms with Gasteiger partial charge in [0.1, 0.15) is 12.1 Å². The van der Waals surface area contributed by atoms with Gasteiger partial charge in [0.2, 0.25) is 0 Å². The van der Waals surface area contributed by atoms with Gasteiger partial charge in [0.15, 0.2) is 5.65 Å². The number of hydrogen-bond acceptors (Lipinski definition) is 4. The number of nitrogens with zero attached hydrogens (tertiary/aromatic N) is 4. The van der Waals surface area contributed by atoms with Crippen molar-refractivity contribution in [2.45, 2.75) is 33.7 Å². The molecular formula is C14H18N4O3. The first kappa shape index (κ1) is 15.0. The molecule has 7 nitrogen and oxygen atoms in total. The van der Waals surface area contributed by atoms with Crippen LogP contribution in [0.2, 0.25) is 0 Å². The third kappa shape index (κ3) is 2.86. The van der Waals surface area contributed by atoms with Crippen molar-refractivity contribution in [3.05, 3.63) is 29.2 Å². The van der Waals surface area contributed by atoms with Crippen molar-refractivity contribution in [1.29, 1.82) is 0 Å². The lowest BCUT2D eigenvalue weighted by molar-refractivity contribution is -0.138. The first-order chi connectivity index (χ1) is 9.81. The van der Waals surface area contributed by atoms with Gasteiger partial charge in [0, 0.05) is 17.4 Å². The highest BCUT2D eigenvalue weighted by molar-refractivity contribution is 6.01. The maximum atomic E-state index is 12.6. The molecule has 0 fully saturated rings. The maximum absolute atomic E-state index is 12.6. The van der Waals surface area contributed by atoms with Gasteiger partial charge in [0.25, 0.3) is 5.91 Å². The van der Waals surface area contributed by atoms with E-state index >= 15 is 0 Å². The van der Waals surface area contributed by atoms with Gasteiger partial charge in [0.05, 0.1) is 6.20 Å². The normalized spacial score (nSPS) is 11.1. The number of aliphatic carboxylic acids is 1. The van der Waals surface area contributed by atoms with Crippen molar-refractivity contribution in [2.75, 3.05) is 6.54 Å². The number of aryl methyl sites for hydroxylation is 2. The quantitative estimate of drug-likeness (QED) is 0.916. The lowest BCUT2D eigenvalue weighted by Gasteiger charge is -2.24. The lowest BCUT2D eigenvalue weighted by Crippen LogP contribution is -2.40. The molecular weight excluding hydrogens is 272 g/mol. The van der Waals surface area contributed by atoms with Crippen molar-refractivity contribution in [1.82, 2.24) is 19.5 Å². The zero-order valence-corrected chi connectivity index (χ0v) is 12.5. The highest BCUT2D eigenvalue weighted by Gasteiger charge is 2.25. The number of aromatic nitrogens is 3. The molecule has 0 aromatic carbocycles. The van der Waals surface area contributed by atoms with Gasteiger partial charge >= 0.3 is 5.97 Å². The van der Waals surface area contributed by atoms with E-state index in [0.717, 1.165) is 11.4 Å². The molecule has 0 saturated carbocycles. The fraction of sp³-hybridized carbons (Fsp3) is 0.429. The largest absolute Gasteiger partial charge is 0.480 e. The van der Waals surface area contributed by atoms with Crippen LogP contribution in [0, 0.1) is 13.8 Å². The molecule has 0 aliphatic heterocycles. The highest BCUT2D eigenvalue weighted by Crippen LogP contribution is 2.15. The monoisotopic (exact) mass is 290 g/mol. The number of carbonyl (C=O) groups excluding carboxylic acids is 1. The van der Waals surface area contributed by atoms with Gasteiger partial charge in [-0.3, -0.25) is 9.59 Å². The van der Waals surface area contributed by atoms with Gasteiger partial charge in [-0.15, -0.1) is 0 Å². The lowest BCUT2D eigenvalue weighted by atomic mass is 10.2. The second-order valence-electron chi connectivity index (χ2n) is 5.25. The first-order valence-electron chi connectivity index (χ1n) is 6.66. The second-order valence-corrected chi connectivity index (χ2v) is 5.25. The minimum Gasteiger partial charge on any atom is -0.480 e. The van der Waals surface area contributed by atoms with E-state index in [0.29, 0.717) is 11.2 Å². The molecule has 1 amide bonds. The molecule has 0 spiro atoms. The number of carboxylic acid groups (broad SMARTS) is 1. The summed E-state index contributed by atoms with van der Waals surface area (Å²) in [5.74, 6) is -1.42. The number of carbonyl (C=O) groups is 2. The average Bonchev–Trinajstić information content (AvgIpc) is 2.78. The molecule has 2 heterocycles. The van der Waals surface area contributed by atoms with Crippen LogP contribution in [0.5, 0.6) is 0 Å². The molecule has 0 aliphatic rings. The van der Waals surface area contributed by atoms with Crippen LogP contribution < -0.4 is 0 Å². The minimum absolute atomic E-state index is 0.227. The van der Waals surface area contributed by atoms with E-state index in [9.17, 15) is 9.59 Å². The molecule has 1 N–H and O–H groups in total. The molecule has 0 atom stereocenters. The van der Waals surface area contributed by atoms with Crippen LogP contribution in [-0.4, -0.2) is 49.1 Å². The summed E-state index contributed by atoms with van der Waals surface area (Å²) in [7, 11) is 0. The molecule has 0 unspecified atom stereocenters. The zero-order valence-electron chi connectivity index (χ0n) is 12.5. The number of fused-ring (bicyclic) bond motifs is 1. The van der Waals surface area contributed by atoms with Gasteiger partial charge in [-0.2, -0.15) is 5.10 Å². The smallest absolute Gasteiger partial charge is 0.323 e. The Balaban J connectivity index is 2.50. The fourth-order valence-electron chi connectivity index (χ4n) is 2.21. The summed E-state index contributed by atoms with van der Waals surface area (Å²) in [6, 6.07) is 1.64. The summed E-state index contributed by atoms with van der Waals surface area (Å²) in [6.45, 7) is 6.91. The van der Waals surface area contributed by atoms with Crippen LogP contribution in [0.3, 0.4) is 0 Å². The van der Waals surface area contributed by atoms with E-state index in [1.54, 1.807) is 18.4 Å². The number of rotatable bonds is 4. The predicted octanol–water partition coefficient (Wildman–Crippen LogP) is 1.28. The van der Waals surface area contributed by atoms with Gasteiger partial charge in [-0.1, -0.05) is 0 Å². The highest BCUT2D eigenvalue weighted by atomic mass is 16.4. The minimum atomic E-state index is -1.05. The molecule has 21 heavy (non-hydrogen) atoms. The SMILES string of the molecule is Cc1cc(C)n2ncc(C(=O)N(CC(=O)O)C(C)C)c2n1. The number of carboxylic acids is 1. The Morgan fingerprint density at radius 3 is 2.62 bits per heavy atom. The van der Waals surface area contributed by atoms with E-state index < -0.39 is 5.97 Å².